The highest BCUT2D eigenvalue weighted by molar-refractivity contribution is 5.58. The van der Waals surface area contributed by atoms with Gasteiger partial charge in [0.05, 0.1) is 11.0 Å². The molecule has 15 heavy (non-hydrogen) atoms. The van der Waals surface area contributed by atoms with Crippen molar-refractivity contribution in [3.8, 4) is 0 Å². The molecule has 4 heteroatoms. The topological polar surface area (TPSA) is 46.1 Å². The highest BCUT2D eigenvalue weighted by Crippen LogP contribution is 2.32. The summed E-state index contributed by atoms with van der Waals surface area (Å²) >= 11 is 0. The van der Waals surface area contributed by atoms with E-state index in [1.807, 2.05) is 6.92 Å². The average Bonchev–Trinajstić information content (AvgIpc) is 2.97. The fourth-order valence-corrected chi connectivity index (χ4v) is 1.61. The molecule has 0 saturated carbocycles. The Kier molecular flexibility index (Phi) is 2.19. The van der Waals surface area contributed by atoms with Crippen LogP contribution in [0.1, 0.15) is 6.92 Å². The van der Waals surface area contributed by atoms with Gasteiger partial charge in [0, 0.05) is 24.4 Å². The Bertz CT molecular complexity index is 411. The Balaban J connectivity index is 2.12. The number of nitro benzene ring substituents is 1. The largest absolute Gasteiger partial charge is 0.361 e. The molecule has 1 heterocycles. The predicted octanol–water partition coefficient (Wildman–Crippen LogP) is 2.36. The molecule has 0 radical (unpaired) electrons. The monoisotopic (exact) mass is 204 g/mol. The Morgan fingerprint density at radius 2 is 2.13 bits per heavy atom. The van der Waals surface area contributed by atoms with Gasteiger partial charge < -0.3 is 4.90 Å². The van der Waals surface area contributed by atoms with E-state index in [-0.39, 0.29) is 10.6 Å². The van der Waals surface area contributed by atoms with Crippen molar-refractivity contribution in [3.05, 3.63) is 46.5 Å². The molecule has 1 atom stereocenters. The summed E-state index contributed by atoms with van der Waals surface area (Å²) in [5.74, 6) is 0. The van der Waals surface area contributed by atoms with Crippen molar-refractivity contribution < 1.29 is 4.92 Å². The summed E-state index contributed by atoms with van der Waals surface area (Å²) in [6, 6.07) is 7.03. The van der Waals surface area contributed by atoms with E-state index in [9.17, 15) is 10.1 Å². The average molecular weight is 204 g/mol. The van der Waals surface area contributed by atoms with Gasteiger partial charge in [-0.3, -0.25) is 10.1 Å². The van der Waals surface area contributed by atoms with Crippen LogP contribution in [0.25, 0.3) is 0 Å². The number of nitrogens with zero attached hydrogens (tertiary/aromatic N) is 2. The molecule has 4 nitrogen and oxygen atoms in total. The van der Waals surface area contributed by atoms with Crippen LogP contribution in [0, 0.1) is 10.1 Å². The third-order valence-electron chi connectivity index (χ3n) is 2.57. The fraction of sp³-hybridized carbons (Fsp3) is 0.273. The SMILES string of the molecule is C=C(C)C1CN1c1ccc([N+](=O)[O-])cc1. The molecule has 2 rings (SSSR count). The maximum atomic E-state index is 10.4. The molecule has 1 unspecified atom stereocenters. The summed E-state index contributed by atoms with van der Waals surface area (Å²) in [6.45, 7) is 6.85. The van der Waals surface area contributed by atoms with Gasteiger partial charge in [-0.15, -0.1) is 0 Å². The number of anilines is 1. The quantitative estimate of drug-likeness (QED) is 0.328. The van der Waals surface area contributed by atoms with Crippen LogP contribution < -0.4 is 4.90 Å². The highest BCUT2D eigenvalue weighted by Gasteiger charge is 2.34. The second-order valence-corrected chi connectivity index (χ2v) is 3.79. The Morgan fingerprint density at radius 3 is 2.53 bits per heavy atom. The summed E-state index contributed by atoms with van der Waals surface area (Å²) in [6.07, 6.45) is 0. The van der Waals surface area contributed by atoms with E-state index in [0.29, 0.717) is 6.04 Å². The first-order valence-electron chi connectivity index (χ1n) is 4.76. The smallest absolute Gasteiger partial charge is 0.269 e. The van der Waals surface area contributed by atoms with Gasteiger partial charge in [-0.1, -0.05) is 12.2 Å². The molecule has 1 aliphatic heterocycles. The summed E-state index contributed by atoms with van der Waals surface area (Å²) < 4.78 is 0. The van der Waals surface area contributed by atoms with E-state index < -0.39 is 0 Å². The number of benzene rings is 1. The van der Waals surface area contributed by atoms with Gasteiger partial charge >= 0.3 is 0 Å². The first-order valence-corrected chi connectivity index (χ1v) is 4.76. The number of non-ortho nitro benzene ring substituents is 1. The Morgan fingerprint density at radius 1 is 1.53 bits per heavy atom. The Hall–Kier alpha value is -1.84. The zero-order valence-electron chi connectivity index (χ0n) is 8.51. The van der Waals surface area contributed by atoms with Crippen molar-refractivity contribution in [2.75, 3.05) is 11.4 Å². The molecule has 1 aliphatic rings. The maximum Gasteiger partial charge on any atom is 0.269 e. The van der Waals surface area contributed by atoms with Crippen molar-refractivity contribution in [1.29, 1.82) is 0 Å². The van der Waals surface area contributed by atoms with Crippen molar-refractivity contribution in [3.63, 3.8) is 0 Å². The molecule has 1 aromatic rings. The third kappa shape index (κ3) is 1.83. The minimum atomic E-state index is -0.387. The predicted molar refractivity (Wildman–Crippen MR) is 59.0 cm³/mol. The molecule has 1 aromatic carbocycles. The first kappa shape index (κ1) is 9.71. The molecule has 0 bridgehead atoms. The second-order valence-electron chi connectivity index (χ2n) is 3.79. The number of rotatable bonds is 3. The van der Waals surface area contributed by atoms with Crippen LogP contribution in [0.15, 0.2) is 36.4 Å². The van der Waals surface area contributed by atoms with Gasteiger partial charge in [0.2, 0.25) is 0 Å². The third-order valence-corrected chi connectivity index (χ3v) is 2.57. The molecule has 78 valence electrons. The lowest BCUT2D eigenvalue weighted by Crippen LogP contribution is -1.99. The minimum absolute atomic E-state index is 0.132. The summed E-state index contributed by atoms with van der Waals surface area (Å²) in [4.78, 5) is 12.2. The van der Waals surface area contributed by atoms with E-state index in [2.05, 4.69) is 11.5 Å². The normalized spacial score (nSPS) is 18.7. The van der Waals surface area contributed by atoms with Gasteiger partial charge in [-0.2, -0.15) is 0 Å². The van der Waals surface area contributed by atoms with Crippen molar-refractivity contribution in [2.45, 2.75) is 13.0 Å². The van der Waals surface area contributed by atoms with E-state index in [1.54, 1.807) is 12.1 Å². The molecular formula is C11H12N2O2. The lowest BCUT2D eigenvalue weighted by molar-refractivity contribution is -0.384. The van der Waals surface area contributed by atoms with Gasteiger partial charge in [-0.25, -0.2) is 0 Å². The van der Waals surface area contributed by atoms with Crippen LogP contribution in [-0.2, 0) is 0 Å². The molecular weight excluding hydrogens is 192 g/mol. The Labute approximate surface area is 88.0 Å². The summed E-state index contributed by atoms with van der Waals surface area (Å²) in [7, 11) is 0. The second kappa shape index (κ2) is 3.38. The molecule has 1 fully saturated rings. The lowest BCUT2D eigenvalue weighted by Gasteiger charge is -2.04. The molecule has 0 spiro atoms. The highest BCUT2D eigenvalue weighted by atomic mass is 16.6. The molecule has 0 N–H and O–H groups in total. The van der Waals surface area contributed by atoms with E-state index >= 15 is 0 Å². The zero-order chi connectivity index (χ0) is 11.0. The van der Waals surface area contributed by atoms with Crippen molar-refractivity contribution in [2.24, 2.45) is 0 Å². The van der Waals surface area contributed by atoms with E-state index in [4.69, 9.17) is 0 Å². The van der Waals surface area contributed by atoms with Gasteiger partial charge in [-0.05, 0) is 19.1 Å². The van der Waals surface area contributed by atoms with Crippen LogP contribution in [-0.4, -0.2) is 17.5 Å². The summed E-state index contributed by atoms with van der Waals surface area (Å²) in [5.41, 5.74) is 2.29. The van der Waals surface area contributed by atoms with Crippen molar-refractivity contribution >= 4 is 11.4 Å². The van der Waals surface area contributed by atoms with Gasteiger partial charge in [0.15, 0.2) is 0 Å². The van der Waals surface area contributed by atoms with Gasteiger partial charge in [0.25, 0.3) is 5.69 Å². The lowest BCUT2D eigenvalue weighted by atomic mass is 10.2. The van der Waals surface area contributed by atoms with E-state index in [1.165, 1.54) is 12.1 Å². The summed E-state index contributed by atoms with van der Waals surface area (Å²) in [5, 5.41) is 10.4. The standard InChI is InChI=1S/C11H12N2O2/c1-8(2)11-7-12(11)9-3-5-10(6-4-9)13(14)15/h3-6,11H,1,7H2,2H3. The first-order chi connectivity index (χ1) is 7.09. The van der Waals surface area contributed by atoms with Crippen LogP contribution >= 0.6 is 0 Å². The molecule has 1 saturated heterocycles. The van der Waals surface area contributed by atoms with E-state index in [0.717, 1.165) is 17.8 Å². The maximum absolute atomic E-state index is 10.4. The number of hydrogen-bond donors (Lipinski definition) is 0. The number of nitro groups is 1. The van der Waals surface area contributed by atoms with Crippen molar-refractivity contribution in [1.82, 2.24) is 0 Å². The van der Waals surface area contributed by atoms with Crippen LogP contribution in [0.5, 0.6) is 0 Å². The van der Waals surface area contributed by atoms with Crippen LogP contribution in [0.2, 0.25) is 0 Å². The fourth-order valence-electron chi connectivity index (χ4n) is 1.61. The zero-order valence-corrected chi connectivity index (χ0v) is 8.51. The molecule has 0 aliphatic carbocycles. The molecule has 0 amide bonds. The van der Waals surface area contributed by atoms with Crippen LogP contribution in [0.4, 0.5) is 11.4 Å². The van der Waals surface area contributed by atoms with Gasteiger partial charge in [0.1, 0.15) is 0 Å². The van der Waals surface area contributed by atoms with Crippen LogP contribution in [0.3, 0.4) is 0 Å². The molecule has 0 aromatic heterocycles. The minimum Gasteiger partial charge on any atom is -0.361 e. The number of hydrogen-bond acceptors (Lipinski definition) is 3.